The van der Waals surface area contributed by atoms with Gasteiger partial charge < -0.3 is 5.32 Å². The van der Waals surface area contributed by atoms with Gasteiger partial charge in [0.1, 0.15) is 4.90 Å². The lowest BCUT2D eigenvalue weighted by Crippen LogP contribution is -2.35. The fourth-order valence-corrected chi connectivity index (χ4v) is 6.55. The molecule has 1 fully saturated rings. The Kier molecular flexibility index (Phi) is 6.03. The molecule has 0 spiro atoms. The predicted molar refractivity (Wildman–Crippen MR) is 110 cm³/mol. The second kappa shape index (κ2) is 8.12. The normalized spacial score (nSPS) is 18.9. The number of benzene rings is 1. The molecule has 1 aromatic heterocycles. The second-order valence-electron chi connectivity index (χ2n) is 7.11. The van der Waals surface area contributed by atoms with E-state index in [0.717, 1.165) is 36.1 Å². The summed E-state index contributed by atoms with van der Waals surface area (Å²) in [7, 11) is -3.75. The van der Waals surface area contributed by atoms with Crippen LogP contribution in [0.3, 0.4) is 0 Å². The third-order valence-electron chi connectivity index (χ3n) is 4.83. The van der Waals surface area contributed by atoms with Crippen LogP contribution in [-0.4, -0.2) is 25.2 Å². The summed E-state index contributed by atoms with van der Waals surface area (Å²) in [4.78, 5) is 14.0. The van der Waals surface area contributed by atoms with Gasteiger partial charge in [0.25, 0.3) is 0 Å². The van der Waals surface area contributed by atoms with Gasteiger partial charge in [0.05, 0.1) is 11.7 Å². The van der Waals surface area contributed by atoms with Gasteiger partial charge in [-0.05, 0) is 56.5 Å². The maximum absolute atomic E-state index is 13.7. The van der Waals surface area contributed by atoms with E-state index in [1.807, 2.05) is 32.0 Å². The van der Waals surface area contributed by atoms with Crippen LogP contribution in [0.5, 0.6) is 0 Å². The summed E-state index contributed by atoms with van der Waals surface area (Å²) in [6.45, 7) is 5.79. The molecule has 2 heterocycles. The van der Waals surface area contributed by atoms with Crippen molar-refractivity contribution in [3.8, 4) is 0 Å². The van der Waals surface area contributed by atoms with E-state index in [4.69, 9.17) is 0 Å². The molecule has 7 heteroatoms. The maximum Gasteiger partial charge on any atom is 0.245 e. The summed E-state index contributed by atoms with van der Waals surface area (Å²) in [5.74, 6) is -0.281. The fraction of sp³-hybridized carbons (Fsp3) is 0.450. The number of hydrogen-bond donors (Lipinski definition) is 1. The molecule has 0 aliphatic carbocycles. The average Bonchev–Trinajstić information content (AvgIpc) is 2.88. The van der Waals surface area contributed by atoms with Crippen LogP contribution in [0, 0.1) is 13.8 Å². The lowest BCUT2D eigenvalue weighted by Gasteiger charge is -2.29. The Morgan fingerprint density at radius 3 is 2.59 bits per heavy atom. The smallest absolute Gasteiger partial charge is 0.245 e. The first-order valence-corrected chi connectivity index (χ1v) is 11.5. The molecule has 1 aliphatic heterocycles. The Morgan fingerprint density at radius 1 is 1.15 bits per heavy atom. The zero-order chi connectivity index (χ0) is 19.6. The molecule has 1 atom stereocenters. The van der Waals surface area contributed by atoms with Crippen LogP contribution in [0.2, 0.25) is 0 Å². The fourth-order valence-electron chi connectivity index (χ4n) is 3.55. The van der Waals surface area contributed by atoms with Crippen LogP contribution in [0.25, 0.3) is 0 Å². The van der Waals surface area contributed by atoms with Crippen LogP contribution in [-0.2, 0) is 14.8 Å². The molecule has 1 amide bonds. The standard InChI is InChI=1S/C20H26N2O3S2/c1-14-8-10-17(21-16(3)23)20(13-14)27(24,25)22-12-6-4-5-7-18(22)19-11-9-15(2)26-19/h8-11,13,18H,4-7,12H2,1-3H3,(H,21,23)/t18-/m1/s1. The predicted octanol–water partition coefficient (Wildman–Crippen LogP) is 4.63. The van der Waals surface area contributed by atoms with Gasteiger partial charge in [-0.2, -0.15) is 4.31 Å². The highest BCUT2D eigenvalue weighted by atomic mass is 32.2. The van der Waals surface area contributed by atoms with E-state index in [1.165, 1.54) is 11.8 Å². The molecule has 1 aliphatic rings. The third-order valence-corrected chi connectivity index (χ3v) is 7.88. The van der Waals surface area contributed by atoms with E-state index in [2.05, 4.69) is 5.32 Å². The van der Waals surface area contributed by atoms with Crippen molar-refractivity contribution in [3.63, 3.8) is 0 Å². The van der Waals surface area contributed by atoms with Gasteiger partial charge in [0.15, 0.2) is 0 Å². The summed E-state index contributed by atoms with van der Waals surface area (Å²) in [5, 5.41) is 2.68. The largest absolute Gasteiger partial charge is 0.325 e. The molecule has 1 N–H and O–H groups in total. The Morgan fingerprint density at radius 2 is 1.93 bits per heavy atom. The van der Waals surface area contributed by atoms with Gasteiger partial charge in [-0.25, -0.2) is 8.42 Å². The minimum atomic E-state index is -3.75. The van der Waals surface area contributed by atoms with Gasteiger partial charge in [-0.3, -0.25) is 4.79 Å². The second-order valence-corrected chi connectivity index (χ2v) is 10.3. The molecule has 0 saturated carbocycles. The van der Waals surface area contributed by atoms with Gasteiger partial charge in [-0.15, -0.1) is 11.3 Å². The van der Waals surface area contributed by atoms with Gasteiger partial charge in [0, 0.05) is 23.2 Å². The lowest BCUT2D eigenvalue weighted by atomic mass is 10.1. The minimum Gasteiger partial charge on any atom is -0.325 e. The van der Waals surface area contributed by atoms with E-state index < -0.39 is 10.0 Å². The van der Waals surface area contributed by atoms with E-state index in [0.29, 0.717) is 12.2 Å². The number of hydrogen-bond acceptors (Lipinski definition) is 4. The van der Waals surface area contributed by atoms with Crippen molar-refractivity contribution in [2.45, 2.75) is 57.4 Å². The quantitative estimate of drug-likeness (QED) is 0.805. The highest BCUT2D eigenvalue weighted by Crippen LogP contribution is 2.39. The van der Waals surface area contributed by atoms with Gasteiger partial charge >= 0.3 is 0 Å². The first-order chi connectivity index (χ1) is 12.8. The summed E-state index contributed by atoms with van der Waals surface area (Å²) in [6.07, 6.45) is 3.71. The molecular formula is C20H26N2O3S2. The summed E-state index contributed by atoms with van der Waals surface area (Å²) in [5.41, 5.74) is 1.19. The van der Waals surface area contributed by atoms with E-state index >= 15 is 0 Å². The topological polar surface area (TPSA) is 66.5 Å². The van der Waals surface area contributed by atoms with E-state index in [9.17, 15) is 13.2 Å². The van der Waals surface area contributed by atoms with Crippen LogP contribution < -0.4 is 5.32 Å². The number of nitrogens with one attached hydrogen (secondary N) is 1. The monoisotopic (exact) mass is 406 g/mol. The molecule has 3 rings (SSSR count). The molecule has 1 aromatic carbocycles. The molecule has 0 unspecified atom stereocenters. The first-order valence-electron chi connectivity index (χ1n) is 9.25. The summed E-state index contributed by atoms with van der Waals surface area (Å²) < 4.78 is 29.0. The molecule has 0 bridgehead atoms. The SMILES string of the molecule is CC(=O)Nc1ccc(C)cc1S(=O)(=O)N1CCCCC[C@@H]1c1ccc(C)s1. The maximum atomic E-state index is 13.7. The third kappa shape index (κ3) is 4.42. The number of thiophene rings is 1. The number of amides is 1. The van der Waals surface area contributed by atoms with Crippen LogP contribution in [0.4, 0.5) is 5.69 Å². The van der Waals surface area contributed by atoms with Crippen LogP contribution in [0.15, 0.2) is 35.2 Å². The highest BCUT2D eigenvalue weighted by Gasteiger charge is 2.35. The van der Waals surface area contributed by atoms with Crippen molar-refractivity contribution in [1.29, 1.82) is 0 Å². The zero-order valence-corrected chi connectivity index (χ0v) is 17.6. The van der Waals surface area contributed by atoms with Crippen LogP contribution >= 0.6 is 11.3 Å². The van der Waals surface area contributed by atoms with Crippen molar-refractivity contribution in [2.75, 3.05) is 11.9 Å². The van der Waals surface area contributed by atoms with Crippen molar-refractivity contribution >= 4 is 33.0 Å². The minimum absolute atomic E-state index is 0.151. The number of anilines is 1. The van der Waals surface area contributed by atoms with Crippen LogP contribution in [0.1, 0.15) is 54.0 Å². The Bertz CT molecular complexity index is 934. The number of carbonyl (C=O) groups excluding carboxylic acids is 1. The summed E-state index contributed by atoms with van der Waals surface area (Å²) >= 11 is 1.66. The molecule has 27 heavy (non-hydrogen) atoms. The van der Waals surface area contributed by atoms with E-state index in [1.54, 1.807) is 27.8 Å². The Balaban J connectivity index is 2.08. The van der Waals surface area contributed by atoms with Gasteiger partial charge in [0.2, 0.25) is 15.9 Å². The number of rotatable bonds is 4. The molecule has 2 aromatic rings. The number of carbonyl (C=O) groups is 1. The van der Waals surface area contributed by atoms with E-state index in [-0.39, 0.29) is 16.8 Å². The first kappa shape index (κ1) is 20.0. The number of aryl methyl sites for hydroxylation is 2. The number of nitrogens with zero attached hydrogens (tertiary/aromatic N) is 1. The van der Waals surface area contributed by atoms with Crippen molar-refractivity contribution < 1.29 is 13.2 Å². The average molecular weight is 407 g/mol. The van der Waals surface area contributed by atoms with Crippen molar-refractivity contribution in [2.24, 2.45) is 0 Å². The Hall–Kier alpha value is -1.70. The molecule has 5 nitrogen and oxygen atoms in total. The van der Waals surface area contributed by atoms with Gasteiger partial charge in [-0.1, -0.05) is 18.9 Å². The molecule has 0 radical (unpaired) electrons. The summed E-state index contributed by atoms with van der Waals surface area (Å²) in [6, 6.07) is 9.08. The van der Waals surface area contributed by atoms with Crippen molar-refractivity contribution in [3.05, 3.63) is 45.6 Å². The Labute approximate surface area is 165 Å². The highest BCUT2D eigenvalue weighted by molar-refractivity contribution is 7.89. The number of sulfonamides is 1. The zero-order valence-electron chi connectivity index (χ0n) is 16.0. The lowest BCUT2D eigenvalue weighted by molar-refractivity contribution is -0.114. The van der Waals surface area contributed by atoms with Crippen molar-refractivity contribution in [1.82, 2.24) is 4.31 Å². The molecule has 1 saturated heterocycles. The molecular weight excluding hydrogens is 380 g/mol. The molecule has 146 valence electrons.